The largest absolute Gasteiger partial charge is 0.507 e. The van der Waals surface area contributed by atoms with Gasteiger partial charge in [-0.25, -0.2) is 4.39 Å². The van der Waals surface area contributed by atoms with Crippen molar-refractivity contribution in [2.24, 2.45) is 0 Å². The third-order valence-corrected chi connectivity index (χ3v) is 3.55. The summed E-state index contributed by atoms with van der Waals surface area (Å²) in [6.07, 6.45) is 0. The van der Waals surface area contributed by atoms with Gasteiger partial charge in [-0.05, 0) is 46.3 Å². The second-order valence-electron chi connectivity index (χ2n) is 3.71. The van der Waals surface area contributed by atoms with Gasteiger partial charge in [0.2, 0.25) is 0 Å². The number of rotatable bonds is 2. The highest BCUT2D eigenvalue weighted by molar-refractivity contribution is 9.11. The molecule has 0 heterocycles. The molecule has 1 amide bonds. The van der Waals surface area contributed by atoms with E-state index in [-0.39, 0.29) is 5.56 Å². The number of benzene rings is 2. The third-order valence-electron chi connectivity index (χ3n) is 2.40. The van der Waals surface area contributed by atoms with E-state index in [1.807, 2.05) is 0 Å². The SMILES string of the molecule is O=C(Nc1ccc(Br)cc1Br)c1c(O)cccc1F. The molecule has 0 saturated heterocycles. The number of amides is 1. The number of nitrogens with one attached hydrogen (secondary N) is 1. The first-order chi connectivity index (χ1) is 8.99. The molecule has 0 spiro atoms. The van der Waals surface area contributed by atoms with Crippen molar-refractivity contribution in [3.63, 3.8) is 0 Å². The molecular formula is C13H8Br2FNO2. The lowest BCUT2D eigenvalue weighted by molar-refractivity contribution is 0.102. The van der Waals surface area contributed by atoms with Crippen LogP contribution in [0.3, 0.4) is 0 Å². The molecule has 0 unspecified atom stereocenters. The number of aromatic hydroxyl groups is 1. The van der Waals surface area contributed by atoms with Crippen LogP contribution in [0, 0.1) is 5.82 Å². The Bertz CT molecular complexity index is 626. The van der Waals surface area contributed by atoms with E-state index in [0.717, 1.165) is 10.5 Å². The van der Waals surface area contributed by atoms with Gasteiger partial charge in [-0.2, -0.15) is 0 Å². The minimum atomic E-state index is -0.772. The summed E-state index contributed by atoms with van der Waals surface area (Å²) in [5.41, 5.74) is 0.105. The summed E-state index contributed by atoms with van der Waals surface area (Å²) in [7, 11) is 0. The number of halogens is 3. The minimum absolute atomic E-state index is 0.377. The summed E-state index contributed by atoms with van der Waals surface area (Å²) in [6, 6.07) is 8.85. The Kier molecular flexibility index (Phi) is 4.21. The van der Waals surface area contributed by atoms with Crippen LogP contribution in [0.25, 0.3) is 0 Å². The number of carbonyl (C=O) groups excluding carboxylic acids is 1. The van der Waals surface area contributed by atoms with Crippen molar-refractivity contribution < 1.29 is 14.3 Å². The van der Waals surface area contributed by atoms with Crippen LogP contribution in [0.15, 0.2) is 45.3 Å². The Balaban J connectivity index is 2.31. The number of hydrogen-bond donors (Lipinski definition) is 2. The van der Waals surface area contributed by atoms with Crippen LogP contribution in [0.2, 0.25) is 0 Å². The molecule has 0 radical (unpaired) electrons. The maximum Gasteiger partial charge on any atom is 0.262 e. The molecular weight excluding hydrogens is 381 g/mol. The van der Waals surface area contributed by atoms with Gasteiger partial charge in [0.25, 0.3) is 5.91 Å². The molecule has 98 valence electrons. The molecule has 2 rings (SSSR count). The molecule has 2 aromatic carbocycles. The van der Waals surface area contributed by atoms with Crippen molar-refractivity contribution in [1.82, 2.24) is 0 Å². The highest BCUT2D eigenvalue weighted by atomic mass is 79.9. The zero-order chi connectivity index (χ0) is 14.0. The summed E-state index contributed by atoms with van der Waals surface area (Å²) in [6.45, 7) is 0. The van der Waals surface area contributed by atoms with Gasteiger partial charge in [-0.3, -0.25) is 4.79 Å². The van der Waals surface area contributed by atoms with E-state index in [9.17, 15) is 14.3 Å². The van der Waals surface area contributed by atoms with Crippen molar-refractivity contribution in [2.75, 3.05) is 5.32 Å². The number of anilines is 1. The molecule has 0 bridgehead atoms. The monoisotopic (exact) mass is 387 g/mol. The van der Waals surface area contributed by atoms with E-state index < -0.39 is 17.5 Å². The van der Waals surface area contributed by atoms with Gasteiger partial charge in [0.15, 0.2) is 0 Å². The van der Waals surface area contributed by atoms with Crippen LogP contribution < -0.4 is 5.32 Å². The van der Waals surface area contributed by atoms with Gasteiger partial charge in [-0.15, -0.1) is 0 Å². The van der Waals surface area contributed by atoms with Crippen molar-refractivity contribution in [2.45, 2.75) is 0 Å². The van der Waals surface area contributed by atoms with Crippen LogP contribution in [-0.2, 0) is 0 Å². The molecule has 0 atom stereocenters. The predicted octanol–water partition coefficient (Wildman–Crippen LogP) is 4.31. The van der Waals surface area contributed by atoms with Crippen molar-refractivity contribution in [3.8, 4) is 5.75 Å². The van der Waals surface area contributed by atoms with Gasteiger partial charge in [0, 0.05) is 8.95 Å². The highest BCUT2D eigenvalue weighted by Gasteiger charge is 2.17. The molecule has 0 aromatic heterocycles. The van der Waals surface area contributed by atoms with Gasteiger partial charge in [-0.1, -0.05) is 22.0 Å². The van der Waals surface area contributed by atoms with Gasteiger partial charge in [0.1, 0.15) is 17.1 Å². The van der Waals surface area contributed by atoms with Gasteiger partial charge >= 0.3 is 0 Å². The van der Waals surface area contributed by atoms with Crippen LogP contribution in [0.1, 0.15) is 10.4 Å². The molecule has 2 aromatic rings. The van der Waals surface area contributed by atoms with E-state index in [4.69, 9.17) is 0 Å². The maximum absolute atomic E-state index is 13.5. The molecule has 2 N–H and O–H groups in total. The van der Waals surface area contributed by atoms with E-state index in [2.05, 4.69) is 37.2 Å². The maximum atomic E-state index is 13.5. The molecule has 0 fully saturated rings. The molecule has 19 heavy (non-hydrogen) atoms. The Hall–Kier alpha value is -1.40. The summed E-state index contributed by atoms with van der Waals surface area (Å²) in [5.74, 6) is -1.88. The average Bonchev–Trinajstić information content (AvgIpc) is 2.32. The van der Waals surface area contributed by atoms with Crippen molar-refractivity contribution in [3.05, 3.63) is 56.7 Å². The molecule has 0 saturated carbocycles. The first kappa shape index (κ1) is 14.0. The summed E-state index contributed by atoms with van der Waals surface area (Å²) < 4.78 is 15.0. The Morgan fingerprint density at radius 3 is 2.58 bits per heavy atom. The Labute approximate surface area is 125 Å². The number of hydrogen-bond acceptors (Lipinski definition) is 2. The van der Waals surface area contributed by atoms with E-state index in [1.165, 1.54) is 12.1 Å². The summed E-state index contributed by atoms with van der Waals surface area (Å²) in [5, 5.41) is 12.1. The normalized spacial score (nSPS) is 10.3. The first-order valence-corrected chi connectivity index (χ1v) is 6.81. The fourth-order valence-corrected chi connectivity index (χ4v) is 2.66. The summed E-state index contributed by atoms with van der Waals surface area (Å²) >= 11 is 6.57. The Morgan fingerprint density at radius 1 is 1.21 bits per heavy atom. The number of phenolic OH excluding ortho intramolecular Hbond substituents is 1. The lowest BCUT2D eigenvalue weighted by Crippen LogP contribution is -2.14. The molecule has 3 nitrogen and oxygen atoms in total. The molecule has 0 aliphatic heterocycles. The zero-order valence-electron chi connectivity index (χ0n) is 9.45. The van der Waals surface area contributed by atoms with Gasteiger partial charge < -0.3 is 10.4 Å². The average molecular weight is 389 g/mol. The van der Waals surface area contributed by atoms with Crippen LogP contribution in [0.4, 0.5) is 10.1 Å². The lowest BCUT2D eigenvalue weighted by Gasteiger charge is -2.09. The smallest absolute Gasteiger partial charge is 0.262 e. The predicted molar refractivity (Wildman–Crippen MR) is 77.9 cm³/mol. The van der Waals surface area contributed by atoms with Crippen LogP contribution >= 0.6 is 31.9 Å². The quantitative estimate of drug-likeness (QED) is 0.805. The van der Waals surface area contributed by atoms with Crippen LogP contribution in [-0.4, -0.2) is 11.0 Å². The fourth-order valence-electron chi connectivity index (χ4n) is 1.51. The van der Waals surface area contributed by atoms with E-state index in [0.29, 0.717) is 10.2 Å². The fraction of sp³-hybridized carbons (Fsp3) is 0. The van der Waals surface area contributed by atoms with Crippen molar-refractivity contribution >= 4 is 43.5 Å². The second kappa shape index (κ2) is 5.71. The minimum Gasteiger partial charge on any atom is -0.507 e. The Morgan fingerprint density at radius 2 is 1.95 bits per heavy atom. The molecule has 0 aliphatic carbocycles. The summed E-state index contributed by atoms with van der Waals surface area (Å²) in [4.78, 5) is 11.9. The van der Waals surface area contributed by atoms with E-state index in [1.54, 1.807) is 18.2 Å². The van der Waals surface area contributed by atoms with Gasteiger partial charge in [0.05, 0.1) is 5.69 Å². The molecule has 6 heteroatoms. The first-order valence-electron chi connectivity index (χ1n) is 5.23. The zero-order valence-corrected chi connectivity index (χ0v) is 12.6. The van der Waals surface area contributed by atoms with Crippen molar-refractivity contribution in [1.29, 1.82) is 0 Å². The topological polar surface area (TPSA) is 49.3 Å². The van der Waals surface area contributed by atoms with Crippen LogP contribution in [0.5, 0.6) is 5.75 Å². The highest BCUT2D eigenvalue weighted by Crippen LogP contribution is 2.28. The third kappa shape index (κ3) is 3.13. The lowest BCUT2D eigenvalue weighted by atomic mass is 10.1. The molecule has 0 aliphatic rings. The second-order valence-corrected chi connectivity index (χ2v) is 5.48. The standard InChI is InChI=1S/C13H8Br2FNO2/c14-7-4-5-10(8(15)6-7)17-13(19)12-9(16)2-1-3-11(12)18/h1-6,18H,(H,17,19). The van der Waals surface area contributed by atoms with E-state index >= 15 is 0 Å². The number of phenols is 1. The number of carbonyl (C=O) groups is 1.